The Morgan fingerprint density at radius 2 is 1.75 bits per heavy atom. The lowest BCUT2D eigenvalue weighted by molar-refractivity contribution is -0.422. The van der Waals surface area contributed by atoms with Crippen molar-refractivity contribution in [1.82, 2.24) is 0 Å². The summed E-state index contributed by atoms with van der Waals surface area (Å²) < 4.78 is 34.7. The molecule has 0 radical (unpaired) electrons. The van der Waals surface area contributed by atoms with E-state index in [9.17, 15) is 23.7 Å². The molecule has 5 nitrogen and oxygen atoms in total. The highest BCUT2D eigenvalue weighted by Gasteiger charge is 2.47. The van der Waals surface area contributed by atoms with Gasteiger partial charge < -0.3 is 4.74 Å². The van der Waals surface area contributed by atoms with E-state index in [1.54, 1.807) is 20.8 Å². The van der Waals surface area contributed by atoms with E-state index in [4.69, 9.17) is 4.74 Å². The molecule has 0 N–H and O–H groups in total. The van der Waals surface area contributed by atoms with Crippen molar-refractivity contribution in [3.05, 3.63) is 69.0 Å². The lowest BCUT2D eigenvalue weighted by Crippen LogP contribution is -2.28. The molecule has 0 unspecified atom stereocenters. The van der Waals surface area contributed by atoms with Gasteiger partial charge in [0, 0.05) is 11.6 Å². The first-order valence-electron chi connectivity index (χ1n) is 7.27. The molecule has 0 fully saturated rings. The van der Waals surface area contributed by atoms with Crippen LogP contribution < -0.4 is 0 Å². The van der Waals surface area contributed by atoms with E-state index in [0.29, 0.717) is 0 Å². The number of alkyl halides is 2. The van der Waals surface area contributed by atoms with Gasteiger partial charge in [0.25, 0.3) is 5.70 Å². The molecular formula is C17H17F2NO4. The van der Waals surface area contributed by atoms with E-state index in [2.05, 4.69) is 0 Å². The topological polar surface area (TPSA) is 69.4 Å². The second-order valence-electron chi connectivity index (χ2n) is 6.38. The minimum atomic E-state index is -3.58. The average molecular weight is 337 g/mol. The van der Waals surface area contributed by atoms with Crippen LogP contribution in [0.2, 0.25) is 0 Å². The predicted octanol–water partition coefficient (Wildman–Crippen LogP) is 3.88. The number of carbonyl (C=O) groups is 1. The van der Waals surface area contributed by atoms with Crippen LogP contribution in [-0.2, 0) is 9.53 Å². The van der Waals surface area contributed by atoms with Gasteiger partial charge in [0.2, 0.25) is 0 Å². The quantitative estimate of drug-likeness (QED) is 0.445. The third-order valence-electron chi connectivity index (χ3n) is 3.33. The van der Waals surface area contributed by atoms with Gasteiger partial charge in [0.05, 0.1) is 11.3 Å². The van der Waals surface area contributed by atoms with Crippen molar-refractivity contribution >= 4 is 5.97 Å². The molecule has 2 aliphatic carbocycles. The van der Waals surface area contributed by atoms with E-state index in [0.717, 1.165) is 18.2 Å². The molecule has 2 aliphatic rings. The van der Waals surface area contributed by atoms with E-state index in [-0.39, 0.29) is 5.57 Å². The minimum Gasteiger partial charge on any atom is -0.460 e. The molecule has 0 aromatic heterocycles. The van der Waals surface area contributed by atoms with E-state index in [1.165, 1.54) is 18.2 Å². The van der Waals surface area contributed by atoms with Gasteiger partial charge in [0.15, 0.2) is 0 Å². The molecule has 24 heavy (non-hydrogen) atoms. The number of ether oxygens (including phenoxy) is 1. The first-order valence-corrected chi connectivity index (χ1v) is 7.27. The molecule has 0 saturated carbocycles. The smallest absolute Gasteiger partial charge is 0.310 e. The van der Waals surface area contributed by atoms with Gasteiger partial charge in [-0.25, -0.2) is 0 Å². The zero-order chi connectivity index (χ0) is 18.1. The Kier molecular flexibility index (Phi) is 4.55. The monoisotopic (exact) mass is 337 g/mol. The number of rotatable bonds is 3. The zero-order valence-corrected chi connectivity index (χ0v) is 13.5. The van der Waals surface area contributed by atoms with Gasteiger partial charge in [-0.15, -0.1) is 0 Å². The molecule has 0 aromatic carbocycles. The Morgan fingerprint density at radius 3 is 2.29 bits per heavy atom. The largest absolute Gasteiger partial charge is 0.460 e. The Bertz CT molecular complexity index is 734. The standard InChI is InChI=1S/C17H17F2NO4/c1-16(2,3)24-15(21)10-11-8-9-14(20(22)23)13-7-5-4-6-12(11)17(13,18)19/h4-9H,10H2,1-3H3. The first kappa shape index (κ1) is 17.8. The molecule has 0 aliphatic heterocycles. The van der Waals surface area contributed by atoms with Crippen molar-refractivity contribution in [1.29, 1.82) is 0 Å². The summed E-state index contributed by atoms with van der Waals surface area (Å²) in [6.45, 7) is 5.00. The Labute approximate surface area is 137 Å². The highest BCUT2D eigenvalue weighted by atomic mass is 19.3. The van der Waals surface area contributed by atoms with Crippen molar-refractivity contribution in [3.63, 3.8) is 0 Å². The molecule has 0 heterocycles. The Morgan fingerprint density at radius 1 is 1.17 bits per heavy atom. The third-order valence-corrected chi connectivity index (χ3v) is 3.33. The number of nitrogens with zero attached hydrogens (tertiary/aromatic N) is 1. The molecule has 0 spiro atoms. The van der Waals surface area contributed by atoms with E-state index in [1.807, 2.05) is 0 Å². The zero-order valence-electron chi connectivity index (χ0n) is 13.5. The lowest BCUT2D eigenvalue weighted by atomic mass is 9.93. The normalized spacial score (nSPS) is 19.2. The molecule has 0 saturated heterocycles. The second kappa shape index (κ2) is 6.14. The average Bonchev–Trinajstić information content (AvgIpc) is 2.61. The number of hydrogen-bond acceptors (Lipinski definition) is 4. The van der Waals surface area contributed by atoms with Gasteiger partial charge in [-0.2, -0.15) is 8.78 Å². The molecule has 2 bridgehead atoms. The van der Waals surface area contributed by atoms with Crippen LogP contribution in [0.1, 0.15) is 27.2 Å². The van der Waals surface area contributed by atoms with E-state index >= 15 is 0 Å². The highest BCUT2D eigenvalue weighted by Crippen LogP contribution is 2.44. The fourth-order valence-corrected chi connectivity index (χ4v) is 2.42. The third kappa shape index (κ3) is 3.67. The van der Waals surface area contributed by atoms with Gasteiger partial charge in [-0.05, 0) is 32.4 Å². The van der Waals surface area contributed by atoms with Crippen molar-refractivity contribution in [2.45, 2.75) is 38.7 Å². The number of carbonyl (C=O) groups excluding carboxylic acids is 1. The molecular weight excluding hydrogens is 320 g/mol. The summed E-state index contributed by atoms with van der Waals surface area (Å²) in [5.74, 6) is -4.26. The predicted molar refractivity (Wildman–Crippen MR) is 83.9 cm³/mol. The second-order valence-corrected chi connectivity index (χ2v) is 6.38. The Hall–Kier alpha value is -2.57. The van der Waals surface area contributed by atoms with E-state index < -0.39 is 45.7 Å². The summed E-state index contributed by atoms with van der Waals surface area (Å²) in [5.41, 5.74) is -2.61. The summed E-state index contributed by atoms with van der Waals surface area (Å²) in [6, 6.07) is 0. The fraction of sp³-hybridized carbons (Fsp3) is 0.353. The minimum absolute atomic E-state index is 0.0106. The van der Waals surface area contributed by atoms with Crippen LogP contribution >= 0.6 is 0 Å². The van der Waals surface area contributed by atoms with Gasteiger partial charge in [0.1, 0.15) is 11.2 Å². The van der Waals surface area contributed by atoms with Crippen LogP contribution in [0.3, 0.4) is 0 Å². The van der Waals surface area contributed by atoms with Crippen LogP contribution in [-0.4, -0.2) is 22.4 Å². The molecule has 0 aromatic rings. The van der Waals surface area contributed by atoms with Gasteiger partial charge in [-0.3, -0.25) is 14.9 Å². The van der Waals surface area contributed by atoms with Gasteiger partial charge in [-0.1, -0.05) is 24.3 Å². The SMILES string of the molecule is CC(C)(C)OC(=O)CC1=CC=C([N+](=O)[O-])C2=CC=CC=C1C2(F)F. The maximum absolute atomic E-state index is 14.8. The highest BCUT2D eigenvalue weighted by molar-refractivity contribution is 5.76. The van der Waals surface area contributed by atoms with Gasteiger partial charge >= 0.3 is 11.9 Å². The molecule has 0 amide bonds. The van der Waals surface area contributed by atoms with Crippen LogP contribution in [0.25, 0.3) is 0 Å². The van der Waals surface area contributed by atoms with Crippen LogP contribution in [0.15, 0.2) is 58.9 Å². The summed E-state index contributed by atoms with van der Waals surface area (Å²) >= 11 is 0. The number of allylic oxidation sites excluding steroid dienone is 8. The van der Waals surface area contributed by atoms with Crippen LogP contribution in [0.5, 0.6) is 0 Å². The summed E-state index contributed by atoms with van der Waals surface area (Å²) in [7, 11) is 0. The van der Waals surface area contributed by atoms with Crippen LogP contribution in [0.4, 0.5) is 8.78 Å². The maximum Gasteiger partial charge on any atom is 0.310 e. The summed E-state index contributed by atoms with van der Waals surface area (Å²) in [4.78, 5) is 22.3. The number of fused-ring (bicyclic) bond motifs is 2. The number of esters is 1. The molecule has 128 valence electrons. The lowest BCUT2D eigenvalue weighted by Gasteiger charge is -2.23. The van der Waals surface area contributed by atoms with Crippen molar-refractivity contribution in [3.8, 4) is 0 Å². The fourth-order valence-electron chi connectivity index (χ4n) is 2.42. The molecule has 7 heteroatoms. The molecule has 2 rings (SSSR count). The van der Waals surface area contributed by atoms with Crippen molar-refractivity contribution in [2.75, 3.05) is 0 Å². The Balaban J connectivity index is 2.47. The van der Waals surface area contributed by atoms with Crippen LogP contribution in [0, 0.1) is 10.1 Å². The maximum atomic E-state index is 14.8. The number of nitro groups is 1. The number of hydrogen-bond donors (Lipinski definition) is 0. The van der Waals surface area contributed by atoms with Crippen molar-refractivity contribution in [2.24, 2.45) is 0 Å². The van der Waals surface area contributed by atoms with Crippen molar-refractivity contribution < 1.29 is 23.2 Å². The number of halogens is 2. The summed E-state index contributed by atoms with van der Waals surface area (Å²) in [6.07, 6.45) is 6.63. The first-order chi connectivity index (χ1) is 11.0. The molecule has 0 atom stereocenters. The summed E-state index contributed by atoms with van der Waals surface area (Å²) in [5, 5.41) is 11.1.